The van der Waals surface area contributed by atoms with Crippen molar-refractivity contribution in [3.05, 3.63) is 40.0 Å². The predicted molar refractivity (Wildman–Crippen MR) is 96.9 cm³/mol. The normalized spacial score (nSPS) is 23.6. The van der Waals surface area contributed by atoms with Crippen molar-refractivity contribution in [3.8, 4) is 0 Å². The van der Waals surface area contributed by atoms with Gasteiger partial charge in [-0.3, -0.25) is 9.69 Å². The fourth-order valence-corrected chi connectivity index (χ4v) is 4.58. The average Bonchev–Trinajstić information content (AvgIpc) is 3.12. The highest BCUT2D eigenvalue weighted by atomic mass is 32.2. The van der Waals surface area contributed by atoms with E-state index in [9.17, 15) is 22.4 Å². The number of halogens is 4. The number of rotatable bonds is 4. The Morgan fingerprint density at radius 1 is 1.37 bits per heavy atom. The van der Waals surface area contributed by atoms with Crippen molar-refractivity contribution < 1.29 is 22.4 Å². The van der Waals surface area contributed by atoms with Gasteiger partial charge < -0.3 is 10.6 Å². The molecule has 1 amide bonds. The van der Waals surface area contributed by atoms with E-state index in [4.69, 9.17) is 0 Å². The third-order valence-electron chi connectivity index (χ3n) is 4.70. The predicted octanol–water partition coefficient (Wildman–Crippen LogP) is 3.75. The summed E-state index contributed by atoms with van der Waals surface area (Å²) >= 11 is 1.34. The second kappa shape index (κ2) is 7.71. The molecule has 2 aliphatic rings. The SMILES string of the molecule is CC(=O)NC1NC(c2cc(F)cc(C(F)(F)F)c2)=C(CN2CCCC2C)S1. The van der Waals surface area contributed by atoms with E-state index >= 15 is 0 Å². The molecule has 2 atom stereocenters. The molecule has 1 saturated heterocycles. The molecule has 0 bridgehead atoms. The third-order valence-corrected chi connectivity index (χ3v) is 5.79. The molecule has 27 heavy (non-hydrogen) atoms. The van der Waals surface area contributed by atoms with Gasteiger partial charge in [0, 0.05) is 30.0 Å². The lowest BCUT2D eigenvalue weighted by atomic mass is 10.1. The van der Waals surface area contributed by atoms with Crippen LogP contribution >= 0.6 is 11.8 Å². The van der Waals surface area contributed by atoms with Crippen LogP contribution in [0.4, 0.5) is 17.6 Å². The molecule has 4 nitrogen and oxygen atoms in total. The van der Waals surface area contributed by atoms with Gasteiger partial charge in [-0.15, -0.1) is 0 Å². The van der Waals surface area contributed by atoms with Gasteiger partial charge in [0.2, 0.25) is 5.91 Å². The van der Waals surface area contributed by atoms with Crippen molar-refractivity contribution >= 4 is 23.4 Å². The summed E-state index contributed by atoms with van der Waals surface area (Å²) in [5.41, 5.74) is -0.968. The minimum atomic E-state index is -4.64. The van der Waals surface area contributed by atoms with Crippen molar-refractivity contribution in [3.63, 3.8) is 0 Å². The van der Waals surface area contributed by atoms with Gasteiger partial charge in [-0.1, -0.05) is 11.8 Å². The van der Waals surface area contributed by atoms with Crippen LogP contribution in [-0.2, 0) is 11.0 Å². The van der Waals surface area contributed by atoms with Crippen molar-refractivity contribution in [2.45, 2.75) is 44.4 Å². The molecule has 2 heterocycles. The number of likely N-dealkylation sites (tertiary alicyclic amines) is 1. The van der Waals surface area contributed by atoms with Gasteiger partial charge in [0.15, 0.2) is 5.50 Å². The molecule has 0 saturated carbocycles. The van der Waals surface area contributed by atoms with Crippen molar-refractivity contribution in [2.24, 2.45) is 0 Å². The highest BCUT2D eigenvalue weighted by Gasteiger charge is 2.34. The molecule has 148 valence electrons. The number of nitrogens with zero attached hydrogens (tertiary/aromatic N) is 1. The Labute approximate surface area is 159 Å². The minimum Gasteiger partial charge on any atom is -0.355 e. The number of nitrogens with one attached hydrogen (secondary N) is 2. The van der Waals surface area contributed by atoms with Gasteiger partial charge in [-0.2, -0.15) is 13.2 Å². The highest BCUT2D eigenvalue weighted by molar-refractivity contribution is 8.04. The first kappa shape index (κ1) is 20.0. The standard InChI is InChI=1S/C18H21F4N3OS/c1-10-4-3-5-25(10)9-15-16(24-17(27-15)23-11(2)26)12-6-13(18(20,21)22)8-14(19)7-12/h6-8,10,17,24H,3-5,9H2,1-2H3,(H,23,26). The van der Waals surface area contributed by atoms with Gasteiger partial charge in [-0.25, -0.2) is 4.39 Å². The monoisotopic (exact) mass is 403 g/mol. The number of hydrogen-bond donors (Lipinski definition) is 2. The van der Waals surface area contributed by atoms with Crippen LogP contribution in [0.5, 0.6) is 0 Å². The topological polar surface area (TPSA) is 44.4 Å². The lowest BCUT2D eigenvalue weighted by Crippen LogP contribution is -2.38. The molecule has 9 heteroatoms. The molecular formula is C18H21F4N3OS. The second-order valence-electron chi connectivity index (χ2n) is 6.83. The summed E-state index contributed by atoms with van der Waals surface area (Å²) in [4.78, 5) is 14.4. The van der Waals surface area contributed by atoms with Gasteiger partial charge >= 0.3 is 6.18 Å². The van der Waals surface area contributed by atoms with E-state index in [0.29, 0.717) is 24.4 Å². The summed E-state index contributed by atoms with van der Waals surface area (Å²) in [7, 11) is 0. The quantitative estimate of drug-likeness (QED) is 0.752. The summed E-state index contributed by atoms with van der Waals surface area (Å²) in [5, 5.41) is 5.74. The van der Waals surface area contributed by atoms with Gasteiger partial charge in [0.05, 0.1) is 11.3 Å². The minimum absolute atomic E-state index is 0.129. The Morgan fingerprint density at radius 3 is 2.70 bits per heavy atom. The summed E-state index contributed by atoms with van der Waals surface area (Å²) in [5.74, 6) is -1.21. The lowest BCUT2D eigenvalue weighted by molar-refractivity contribution is -0.137. The van der Waals surface area contributed by atoms with Crippen LogP contribution in [0.2, 0.25) is 0 Å². The average molecular weight is 403 g/mol. The lowest BCUT2D eigenvalue weighted by Gasteiger charge is -2.21. The maximum Gasteiger partial charge on any atom is 0.416 e. The van der Waals surface area contributed by atoms with Gasteiger partial charge in [0.25, 0.3) is 0 Å². The first-order chi connectivity index (χ1) is 12.6. The zero-order chi connectivity index (χ0) is 19.8. The number of hydrogen-bond acceptors (Lipinski definition) is 4. The molecule has 1 aromatic carbocycles. The smallest absolute Gasteiger partial charge is 0.355 e. The summed E-state index contributed by atoms with van der Waals surface area (Å²) in [6.07, 6.45) is -2.51. The Morgan fingerprint density at radius 2 is 2.11 bits per heavy atom. The maximum absolute atomic E-state index is 13.9. The van der Waals surface area contributed by atoms with E-state index in [1.165, 1.54) is 18.7 Å². The summed E-state index contributed by atoms with van der Waals surface area (Å²) < 4.78 is 53.1. The zero-order valence-corrected chi connectivity index (χ0v) is 15.8. The van der Waals surface area contributed by atoms with E-state index in [0.717, 1.165) is 36.4 Å². The van der Waals surface area contributed by atoms with E-state index in [2.05, 4.69) is 22.5 Å². The Balaban J connectivity index is 1.95. The summed E-state index contributed by atoms with van der Waals surface area (Å²) in [6.45, 7) is 4.92. The molecule has 0 radical (unpaired) electrons. The number of thioether (sulfide) groups is 1. The highest BCUT2D eigenvalue weighted by Crippen LogP contribution is 2.38. The fourth-order valence-electron chi connectivity index (χ4n) is 3.36. The van der Waals surface area contributed by atoms with E-state index in [1.54, 1.807) is 0 Å². The largest absolute Gasteiger partial charge is 0.416 e. The zero-order valence-electron chi connectivity index (χ0n) is 15.0. The van der Waals surface area contributed by atoms with Crippen LogP contribution in [0.1, 0.15) is 37.8 Å². The molecule has 0 spiro atoms. The van der Waals surface area contributed by atoms with E-state index in [1.807, 2.05) is 0 Å². The van der Waals surface area contributed by atoms with E-state index < -0.39 is 23.1 Å². The fraction of sp³-hybridized carbons (Fsp3) is 0.500. The molecular weight excluding hydrogens is 382 g/mol. The molecule has 1 aromatic rings. The molecule has 0 aromatic heterocycles. The van der Waals surface area contributed by atoms with Crippen LogP contribution < -0.4 is 10.6 Å². The van der Waals surface area contributed by atoms with Crippen molar-refractivity contribution in [2.75, 3.05) is 13.1 Å². The molecule has 0 aliphatic carbocycles. The van der Waals surface area contributed by atoms with Crippen LogP contribution in [0.3, 0.4) is 0 Å². The molecule has 2 aliphatic heterocycles. The van der Waals surface area contributed by atoms with Crippen LogP contribution in [0.15, 0.2) is 23.1 Å². The molecule has 3 rings (SSSR count). The maximum atomic E-state index is 13.9. The number of carbonyl (C=O) groups is 1. The van der Waals surface area contributed by atoms with Gasteiger partial charge in [-0.05, 0) is 44.5 Å². The third kappa shape index (κ3) is 4.76. The van der Waals surface area contributed by atoms with Crippen LogP contribution in [-0.4, -0.2) is 35.4 Å². The van der Waals surface area contributed by atoms with E-state index in [-0.39, 0.29) is 11.5 Å². The van der Waals surface area contributed by atoms with Crippen molar-refractivity contribution in [1.82, 2.24) is 15.5 Å². The Bertz CT molecular complexity index is 765. The van der Waals surface area contributed by atoms with Gasteiger partial charge in [0.1, 0.15) is 5.82 Å². The Hall–Kier alpha value is -1.74. The number of alkyl halides is 3. The number of carbonyl (C=O) groups excluding carboxylic acids is 1. The second-order valence-corrected chi connectivity index (χ2v) is 8.03. The van der Waals surface area contributed by atoms with Crippen LogP contribution in [0.25, 0.3) is 5.70 Å². The van der Waals surface area contributed by atoms with Crippen LogP contribution in [0, 0.1) is 5.82 Å². The first-order valence-corrected chi connectivity index (χ1v) is 9.57. The molecule has 1 fully saturated rings. The number of benzene rings is 1. The first-order valence-electron chi connectivity index (χ1n) is 8.69. The molecule has 2 unspecified atom stereocenters. The summed E-state index contributed by atoms with van der Waals surface area (Å²) in [6, 6.07) is 2.88. The number of amides is 1. The van der Waals surface area contributed by atoms with Crippen molar-refractivity contribution in [1.29, 1.82) is 0 Å². The Kier molecular flexibility index (Phi) is 5.71. The molecule has 2 N–H and O–H groups in total.